The van der Waals surface area contributed by atoms with E-state index >= 15 is 0 Å². The van der Waals surface area contributed by atoms with Crippen LogP contribution in [-0.2, 0) is 10.0 Å². The predicted octanol–water partition coefficient (Wildman–Crippen LogP) is 3.36. The maximum Gasteiger partial charge on any atom is 0.406 e. The van der Waals surface area contributed by atoms with Crippen molar-refractivity contribution in [2.45, 2.75) is 23.6 Å². The number of rotatable bonds is 3. The SMILES string of the molecule is Cc1ccc(S(=O)(=O)n2ccc3c2N(CC(F)(F)F)C(Cl)N=C3)cc1. The molecule has 0 bridgehead atoms. The lowest BCUT2D eigenvalue weighted by molar-refractivity contribution is -0.120. The third-order valence-corrected chi connectivity index (χ3v) is 5.68. The van der Waals surface area contributed by atoms with E-state index in [4.69, 9.17) is 11.6 Å². The second kappa shape index (κ2) is 6.06. The maximum atomic E-state index is 12.9. The summed E-state index contributed by atoms with van der Waals surface area (Å²) in [4.78, 5) is 4.46. The summed E-state index contributed by atoms with van der Waals surface area (Å²) < 4.78 is 65.2. The van der Waals surface area contributed by atoms with Crippen molar-refractivity contribution in [3.8, 4) is 0 Å². The largest absolute Gasteiger partial charge is 0.406 e. The lowest BCUT2D eigenvalue weighted by Gasteiger charge is -2.31. The Labute approximate surface area is 147 Å². The molecule has 1 aliphatic rings. The molecule has 0 amide bonds. The Balaban J connectivity index is 2.13. The van der Waals surface area contributed by atoms with Crippen LogP contribution < -0.4 is 4.90 Å². The molecule has 3 rings (SSSR count). The monoisotopic (exact) mass is 391 g/mol. The van der Waals surface area contributed by atoms with Crippen LogP contribution in [0.3, 0.4) is 0 Å². The van der Waals surface area contributed by atoms with Gasteiger partial charge in [-0.15, -0.1) is 0 Å². The fourth-order valence-electron chi connectivity index (χ4n) is 2.50. The first-order valence-corrected chi connectivity index (χ1v) is 9.01. The number of aliphatic imine (C=N–C) groups is 1. The van der Waals surface area contributed by atoms with Crippen LogP contribution in [0.5, 0.6) is 0 Å². The first-order valence-electron chi connectivity index (χ1n) is 7.14. The van der Waals surface area contributed by atoms with Gasteiger partial charge in [0.2, 0.25) is 0 Å². The molecule has 0 radical (unpaired) electrons. The van der Waals surface area contributed by atoms with Crippen LogP contribution in [0, 0.1) is 6.92 Å². The molecular weight excluding hydrogens is 379 g/mol. The van der Waals surface area contributed by atoms with Gasteiger partial charge in [0.15, 0.2) is 5.62 Å². The molecule has 0 aliphatic carbocycles. The van der Waals surface area contributed by atoms with E-state index in [1.807, 2.05) is 0 Å². The molecule has 1 aromatic heterocycles. The number of nitrogens with zero attached hydrogens (tertiary/aromatic N) is 3. The molecule has 0 fully saturated rings. The molecular formula is C15H13ClF3N3O2S. The summed E-state index contributed by atoms with van der Waals surface area (Å²) in [6.45, 7) is 0.381. The molecule has 1 aromatic carbocycles. The van der Waals surface area contributed by atoms with Crippen molar-refractivity contribution in [1.29, 1.82) is 0 Å². The fourth-order valence-corrected chi connectivity index (χ4v) is 4.08. The van der Waals surface area contributed by atoms with E-state index in [-0.39, 0.29) is 16.3 Å². The van der Waals surface area contributed by atoms with Crippen LogP contribution in [0.15, 0.2) is 46.4 Å². The van der Waals surface area contributed by atoms with E-state index < -0.39 is 28.4 Å². The van der Waals surface area contributed by atoms with E-state index in [2.05, 4.69) is 4.99 Å². The third kappa shape index (κ3) is 3.38. The summed E-state index contributed by atoms with van der Waals surface area (Å²) in [6.07, 6.45) is -2.11. The number of aromatic nitrogens is 1. The van der Waals surface area contributed by atoms with Gasteiger partial charge in [0, 0.05) is 18.0 Å². The Morgan fingerprint density at radius 1 is 1.20 bits per heavy atom. The Hall–Kier alpha value is -2.00. The standard InChI is InChI=1S/C15H13ClF3N3O2S/c1-10-2-4-12(5-3-10)25(23,24)22-7-6-11-8-20-14(16)21(13(11)22)9-15(17,18)19/h2-8,14H,9H2,1H3. The van der Waals surface area contributed by atoms with Crippen LogP contribution in [-0.4, -0.2) is 37.0 Å². The van der Waals surface area contributed by atoms with Crippen LogP contribution in [0.25, 0.3) is 0 Å². The minimum atomic E-state index is -4.57. The number of alkyl halides is 4. The lowest BCUT2D eigenvalue weighted by atomic mass is 10.2. The van der Waals surface area contributed by atoms with Crippen LogP contribution in [0.4, 0.5) is 19.0 Å². The number of aryl methyl sites for hydroxylation is 1. The smallest absolute Gasteiger partial charge is 0.313 e. The maximum absolute atomic E-state index is 12.9. The molecule has 25 heavy (non-hydrogen) atoms. The Morgan fingerprint density at radius 3 is 2.44 bits per heavy atom. The van der Waals surface area contributed by atoms with E-state index in [1.54, 1.807) is 19.1 Å². The zero-order valence-electron chi connectivity index (χ0n) is 12.9. The summed E-state index contributed by atoms with van der Waals surface area (Å²) in [5.41, 5.74) is -0.243. The topological polar surface area (TPSA) is 54.7 Å². The average molecular weight is 392 g/mol. The molecule has 1 aliphatic heterocycles. The third-order valence-electron chi connectivity index (χ3n) is 3.65. The molecule has 1 atom stereocenters. The van der Waals surface area contributed by atoms with Crippen molar-refractivity contribution < 1.29 is 21.6 Å². The quantitative estimate of drug-likeness (QED) is 0.595. The van der Waals surface area contributed by atoms with Crippen molar-refractivity contribution >= 4 is 33.7 Å². The minimum Gasteiger partial charge on any atom is -0.313 e. The number of fused-ring (bicyclic) bond motifs is 1. The zero-order chi connectivity index (χ0) is 18.4. The van der Waals surface area contributed by atoms with Gasteiger partial charge >= 0.3 is 6.18 Å². The average Bonchev–Trinajstić information content (AvgIpc) is 2.94. The number of benzene rings is 1. The van der Waals surface area contributed by atoms with Gasteiger partial charge in [-0.1, -0.05) is 29.3 Å². The summed E-state index contributed by atoms with van der Waals surface area (Å²) in [7, 11) is -4.08. The van der Waals surface area contributed by atoms with Crippen molar-refractivity contribution in [3.63, 3.8) is 0 Å². The fraction of sp³-hybridized carbons (Fsp3) is 0.267. The summed E-state index contributed by atoms with van der Waals surface area (Å²) in [6, 6.07) is 7.42. The molecule has 1 unspecified atom stereocenters. The molecule has 134 valence electrons. The predicted molar refractivity (Wildman–Crippen MR) is 88.8 cm³/mol. The molecule has 0 N–H and O–H groups in total. The summed E-state index contributed by atoms with van der Waals surface area (Å²) in [5, 5.41) is 0. The first-order chi connectivity index (χ1) is 11.6. The van der Waals surface area contributed by atoms with Gasteiger partial charge in [-0.2, -0.15) is 13.2 Å². The molecule has 2 heterocycles. The molecule has 0 saturated heterocycles. The van der Waals surface area contributed by atoms with Gasteiger partial charge in [-0.25, -0.2) is 12.4 Å². The first kappa shape index (κ1) is 17.8. The van der Waals surface area contributed by atoms with Gasteiger partial charge in [-0.05, 0) is 25.1 Å². The van der Waals surface area contributed by atoms with Gasteiger partial charge in [0.05, 0.1) is 4.90 Å². The molecule has 10 heteroatoms. The summed E-state index contributed by atoms with van der Waals surface area (Å²) in [5.74, 6) is -0.159. The highest BCUT2D eigenvalue weighted by atomic mass is 35.5. The van der Waals surface area contributed by atoms with E-state index in [1.165, 1.54) is 30.6 Å². The van der Waals surface area contributed by atoms with Crippen molar-refractivity contribution in [3.05, 3.63) is 47.7 Å². The number of anilines is 1. The lowest BCUT2D eigenvalue weighted by Crippen LogP contribution is -2.42. The van der Waals surface area contributed by atoms with Crippen LogP contribution in [0.2, 0.25) is 0 Å². The Kier molecular flexibility index (Phi) is 4.32. The number of hydrogen-bond acceptors (Lipinski definition) is 4. The molecule has 2 aromatic rings. The van der Waals surface area contributed by atoms with Gasteiger partial charge in [0.25, 0.3) is 10.0 Å². The van der Waals surface area contributed by atoms with Crippen molar-refractivity contribution in [2.24, 2.45) is 4.99 Å². The highest BCUT2D eigenvalue weighted by molar-refractivity contribution is 7.90. The molecule has 0 saturated carbocycles. The number of hydrogen-bond donors (Lipinski definition) is 0. The second-order valence-electron chi connectivity index (χ2n) is 5.54. The molecule has 0 spiro atoms. The van der Waals surface area contributed by atoms with Crippen LogP contribution >= 0.6 is 11.6 Å². The zero-order valence-corrected chi connectivity index (χ0v) is 14.5. The van der Waals surface area contributed by atoms with E-state index in [0.717, 1.165) is 9.54 Å². The minimum absolute atomic E-state index is 0.0305. The second-order valence-corrected chi connectivity index (χ2v) is 7.75. The summed E-state index contributed by atoms with van der Waals surface area (Å²) >= 11 is 5.88. The highest BCUT2D eigenvalue weighted by Gasteiger charge is 2.38. The van der Waals surface area contributed by atoms with Crippen LogP contribution in [0.1, 0.15) is 11.1 Å². The van der Waals surface area contributed by atoms with Gasteiger partial charge < -0.3 is 4.90 Å². The van der Waals surface area contributed by atoms with Crippen molar-refractivity contribution in [1.82, 2.24) is 3.97 Å². The Bertz CT molecular complexity index is 920. The van der Waals surface area contributed by atoms with Crippen molar-refractivity contribution in [2.75, 3.05) is 11.4 Å². The van der Waals surface area contributed by atoms with E-state index in [0.29, 0.717) is 4.90 Å². The Morgan fingerprint density at radius 2 is 1.84 bits per heavy atom. The number of halogens is 4. The highest BCUT2D eigenvalue weighted by Crippen LogP contribution is 2.34. The molecule has 5 nitrogen and oxygen atoms in total. The van der Waals surface area contributed by atoms with E-state index in [9.17, 15) is 21.6 Å². The normalized spacial score (nSPS) is 17.6. The van der Waals surface area contributed by atoms with Gasteiger partial charge in [0.1, 0.15) is 12.4 Å². The van der Waals surface area contributed by atoms with Gasteiger partial charge in [-0.3, -0.25) is 4.99 Å².